The highest BCUT2D eigenvalue weighted by atomic mass is 15.4. The number of benzene rings is 1. The topological polar surface area (TPSA) is 30.7 Å². The van der Waals surface area contributed by atoms with Crippen LogP contribution in [0.2, 0.25) is 0 Å². The highest BCUT2D eigenvalue weighted by Crippen LogP contribution is 2.13. The van der Waals surface area contributed by atoms with Crippen molar-refractivity contribution in [3.63, 3.8) is 0 Å². The van der Waals surface area contributed by atoms with Crippen molar-refractivity contribution >= 4 is 0 Å². The van der Waals surface area contributed by atoms with Gasteiger partial charge in [0.15, 0.2) is 0 Å². The van der Waals surface area contributed by atoms with Crippen LogP contribution in [0.4, 0.5) is 0 Å². The maximum atomic E-state index is 3.98. The molecule has 12 heavy (non-hydrogen) atoms. The smallest absolute Gasteiger partial charge is 0.113 e. The zero-order chi connectivity index (χ0) is 8.39. The van der Waals surface area contributed by atoms with Gasteiger partial charge >= 0.3 is 0 Å². The SMILES string of the molecule is Cn1cc(-c2c[c]ccc2)nn1. The van der Waals surface area contributed by atoms with Crippen LogP contribution in [-0.2, 0) is 7.05 Å². The van der Waals surface area contributed by atoms with Crippen molar-refractivity contribution < 1.29 is 0 Å². The van der Waals surface area contributed by atoms with Gasteiger partial charge in [-0.05, 0) is 12.1 Å². The summed E-state index contributed by atoms with van der Waals surface area (Å²) in [5.74, 6) is 0. The van der Waals surface area contributed by atoms with Gasteiger partial charge in [0.1, 0.15) is 5.69 Å². The molecule has 0 spiro atoms. The maximum Gasteiger partial charge on any atom is 0.113 e. The minimum Gasteiger partial charge on any atom is -0.255 e. The van der Waals surface area contributed by atoms with Gasteiger partial charge in [0, 0.05) is 12.6 Å². The predicted octanol–water partition coefficient (Wildman–Crippen LogP) is 1.28. The van der Waals surface area contributed by atoms with Crippen molar-refractivity contribution in [3.8, 4) is 11.3 Å². The van der Waals surface area contributed by atoms with Crippen molar-refractivity contribution in [2.75, 3.05) is 0 Å². The quantitative estimate of drug-likeness (QED) is 0.626. The van der Waals surface area contributed by atoms with Crippen LogP contribution in [0.5, 0.6) is 0 Å². The van der Waals surface area contributed by atoms with Crippen LogP contribution in [0, 0.1) is 6.07 Å². The molecule has 3 nitrogen and oxygen atoms in total. The number of rotatable bonds is 1. The van der Waals surface area contributed by atoms with E-state index in [9.17, 15) is 0 Å². The van der Waals surface area contributed by atoms with Gasteiger partial charge in [-0.25, -0.2) is 0 Å². The Morgan fingerprint density at radius 3 is 3.00 bits per heavy atom. The summed E-state index contributed by atoms with van der Waals surface area (Å²) in [6, 6.07) is 10.7. The van der Waals surface area contributed by atoms with Gasteiger partial charge in [0.25, 0.3) is 0 Å². The molecule has 0 atom stereocenters. The fraction of sp³-hybridized carbons (Fsp3) is 0.111. The fourth-order valence-corrected chi connectivity index (χ4v) is 1.03. The fourth-order valence-electron chi connectivity index (χ4n) is 1.03. The van der Waals surface area contributed by atoms with Gasteiger partial charge in [-0.15, -0.1) is 5.10 Å². The van der Waals surface area contributed by atoms with Gasteiger partial charge in [0.05, 0.1) is 6.20 Å². The van der Waals surface area contributed by atoms with E-state index in [-0.39, 0.29) is 0 Å². The van der Waals surface area contributed by atoms with Crippen LogP contribution in [0.15, 0.2) is 30.5 Å². The zero-order valence-corrected chi connectivity index (χ0v) is 6.73. The zero-order valence-electron chi connectivity index (χ0n) is 6.73. The molecule has 0 aliphatic carbocycles. The molecule has 1 aromatic carbocycles. The first kappa shape index (κ1) is 7.03. The van der Waals surface area contributed by atoms with E-state index in [2.05, 4.69) is 16.4 Å². The second-order valence-corrected chi connectivity index (χ2v) is 2.57. The van der Waals surface area contributed by atoms with Crippen LogP contribution < -0.4 is 0 Å². The highest BCUT2D eigenvalue weighted by Gasteiger charge is 1.99. The summed E-state index contributed by atoms with van der Waals surface area (Å²) in [6.45, 7) is 0. The Morgan fingerprint density at radius 2 is 2.42 bits per heavy atom. The molecule has 0 saturated carbocycles. The average molecular weight is 158 g/mol. The summed E-state index contributed by atoms with van der Waals surface area (Å²) < 4.78 is 1.68. The molecule has 1 heterocycles. The van der Waals surface area contributed by atoms with Gasteiger partial charge < -0.3 is 0 Å². The molecule has 0 aliphatic rings. The third kappa shape index (κ3) is 1.21. The minimum absolute atomic E-state index is 0.884. The Morgan fingerprint density at radius 1 is 1.50 bits per heavy atom. The number of hydrogen-bond donors (Lipinski definition) is 0. The molecular weight excluding hydrogens is 150 g/mol. The second kappa shape index (κ2) is 2.77. The van der Waals surface area contributed by atoms with Gasteiger partial charge in [-0.3, -0.25) is 4.68 Å². The van der Waals surface area contributed by atoms with Gasteiger partial charge in [-0.2, -0.15) is 0 Å². The Bertz CT molecular complexity index is 364. The molecule has 3 heteroatoms. The molecular formula is C9H8N3. The molecule has 2 rings (SSSR count). The largest absolute Gasteiger partial charge is 0.255 e. The van der Waals surface area contributed by atoms with Crippen molar-refractivity contribution in [1.82, 2.24) is 15.0 Å². The summed E-state index contributed by atoms with van der Waals surface area (Å²) >= 11 is 0. The van der Waals surface area contributed by atoms with E-state index in [0.717, 1.165) is 11.3 Å². The highest BCUT2D eigenvalue weighted by molar-refractivity contribution is 5.56. The summed E-state index contributed by atoms with van der Waals surface area (Å²) in [4.78, 5) is 0. The van der Waals surface area contributed by atoms with E-state index in [0.29, 0.717) is 0 Å². The van der Waals surface area contributed by atoms with Crippen LogP contribution in [-0.4, -0.2) is 15.0 Å². The monoisotopic (exact) mass is 158 g/mol. The lowest BCUT2D eigenvalue weighted by Crippen LogP contribution is -1.85. The van der Waals surface area contributed by atoms with Crippen molar-refractivity contribution in [1.29, 1.82) is 0 Å². The van der Waals surface area contributed by atoms with Crippen LogP contribution in [0.25, 0.3) is 11.3 Å². The molecule has 1 radical (unpaired) electrons. The molecule has 2 aromatic rings. The molecule has 0 amide bonds. The first-order chi connectivity index (χ1) is 5.86. The van der Waals surface area contributed by atoms with E-state index in [1.807, 2.05) is 37.5 Å². The summed E-state index contributed by atoms with van der Waals surface area (Å²) in [5, 5.41) is 7.82. The minimum atomic E-state index is 0.884. The van der Waals surface area contributed by atoms with E-state index < -0.39 is 0 Å². The first-order valence-corrected chi connectivity index (χ1v) is 3.69. The molecule has 0 fully saturated rings. The van der Waals surface area contributed by atoms with Crippen molar-refractivity contribution in [2.45, 2.75) is 0 Å². The normalized spacial score (nSPS) is 10.1. The van der Waals surface area contributed by atoms with E-state index in [1.165, 1.54) is 0 Å². The first-order valence-electron chi connectivity index (χ1n) is 3.69. The Kier molecular flexibility index (Phi) is 1.63. The molecule has 59 valence electrons. The lowest BCUT2D eigenvalue weighted by atomic mass is 10.2. The molecule has 1 aromatic heterocycles. The lowest BCUT2D eigenvalue weighted by molar-refractivity contribution is 0.715. The number of nitrogens with zero attached hydrogens (tertiary/aromatic N) is 3. The molecule has 0 aliphatic heterocycles. The molecule has 0 bridgehead atoms. The third-order valence-corrected chi connectivity index (χ3v) is 1.61. The van der Waals surface area contributed by atoms with Crippen LogP contribution >= 0.6 is 0 Å². The summed E-state index contributed by atoms with van der Waals surface area (Å²) in [5.41, 5.74) is 1.93. The van der Waals surface area contributed by atoms with E-state index in [4.69, 9.17) is 0 Å². The maximum absolute atomic E-state index is 3.98. The third-order valence-electron chi connectivity index (χ3n) is 1.61. The Labute approximate surface area is 70.6 Å². The summed E-state index contributed by atoms with van der Waals surface area (Å²) in [7, 11) is 1.85. The number of aromatic nitrogens is 3. The van der Waals surface area contributed by atoms with Crippen LogP contribution in [0.1, 0.15) is 0 Å². The lowest BCUT2D eigenvalue weighted by Gasteiger charge is -1.90. The van der Waals surface area contributed by atoms with Gasteiger partial charge in [-0.1, -0.05) is 23.4 Å². The number of aryl methyl sites for hydroxylation is 1. The molecule has 0 unspecified atom stereocenters. The van der Waals surface area contributed by atoms with Crippen LogP contribution in [0.3, 0.4) is 0 Å². The molecule has 0 N–H and O–H groups in total. The average Bonchev–Trinajstić information content (AvgIpc) is 2.54. The van der Waals surface area contributed by atoms with E-state index in [1.54, 1.807) is 4.68 Å². The Hall–Kier alpha value is -1.64. The predicted molar refractivity (Wildman–Crippen MR) is 45.3 cm³/mol. The standard InChI is InChI=1S/C9H8N3/c1-12-7-9(10-11-12)8-5-3-2-4-6-8/h2-3,5-7H,1H3. The Balaban J connectivity index is 2.45. The van der Waals surface area contributed by atoms with Crippen molar-refractivity contribution in [3.05, 3.63) is 36.5 Å². The molecule has 0 saturated heterocycles. The van der Waals surface area contributed by atoms with Gasteiger partial charge in [0.2, 0.25) is 0 Å². The van der Waals surface area contributed by atoms with Crippen molar-refractivity contribution in [2.24, 2.45) is 7.05 Å². The summed E-state index contributed by atoms with van der Waals surface area (Å²) in [6.07, 6.45) is 1.88. The van der Waals surface area contributed by atoms with E-state index >= 15 is 0 Å². The number of hydrogen-bond acceptors (Lipinski definition) is 2. The second-order valence-electron chi connectivity index (χ2n) is 2.57.